The molecule has 44 heavy (non-hydrogen) atoms. The van der Waals surface area contributed by atoms with E-state index in [0.29, 0.717) is 30.1 Å². The number of anilines is 1. The molecule has 3 atom stereocenters. The Kier molecular flexibility index (Phi) is 9.98. The summed E-state index contributed by atoms with van der Waals surface area (Å²) in [6, 6.07) is 23.9. The van der Waals surface area contributed by atoms with Crippen LogP contribution in [-0.4, -0.2) is 85.8 Å². The first kappa shape index (κ1) is 30.8. The maximum absolute atomic E-state index is 13.5. The third kappa shape index (κ3) is 7.86. The number of ether oxygens (including phenoxy) is 1. The van der Waals surface area contributed by atoms with Crippen molar-refractivity contribution in [1.82, 2.24) is 30.0 Å². The average Bonchev–Trinajstić information content (AvgIpc) is 3.54. The van der Waals surface area contributed by atoms with E-state index in [0.717, 1.165) is 6.54 Å². The van der Waals surface area contributed by atoms with Gasteiger partial charge in [-0.15, -0.1) is 5.10 Å². The number of benzene rings is 3. The quantitative estimate of drug-likeness (QED) is 0.285. The Labute approximate surface area is 257 Å². The van der Waals surface area contributed by atoms with Gasteiger partial charge in [-0.1, -0.05) is 61.5 Å². The summed E-state index contributed by atoms with van der Waals surface area (Å²) in [5, 5.41) is 23.6. The number of fused-ring (bicyclic) bond motifs is 1. The fourth-order valence-electron chi connectivity index (χ4n) is 5.44. The molecule has 230 valence electrons. The SMILES string of the molecule is C[C@@H]1CN([C@@H](C)CO)C(=O)Cc2cc(NC(=O)Cn3cnnn3)ccc2O[C@@H]1CN(C)Cc1ccc(-c2ccccc2)cc1. The zero-order valence-electron chi connectivity index (χ0n) is 25.3. The third-order valence-corrected chi connectivity index (χ3v) is 7.90. The van der Waals surface area contributed by atoms with Gasteiger partial charge in [0.2, 0.25) is 11.8 Å². The lowest BCUT2D eigenvalue weighted by Crippen LogP contribution is -2.47. The molecular weight excluding hydrogens is 558 g/mol. The Balaban J connectivity index is 1.33. The molecule has 0 fully saturated rings. The number of hydrogen-bond donors (Lipinski definition) is 2. The van der Waals surface area contributed by atoms with E-state index >= 15 is 0 Å². The van der Waals surface area contributed by atoms with Gasteiger partial charge < -0.3 is 20.1 Å². The van der Waals surface area contributed by atoms with Crippen LogP contribution in [0.5, 0.6) is 5.75 Å². The molecule has 0 saturated heterocycles. The molecule has 11 heteroatoms. The van der Waals surface area contributed by atoms with Crippen LogP contribution in [0, 0.1) is 5.92 Å². The number of likely N-dealkylation sites (N-methyl/N-ethyl adjacent to an activating group) is 1. The van der Waals surface area contributed by atoms with Gasteiger partial charge in [0.25, 0.3) is 0 Å². The molecule has 0 radical (unpaired) electrons. The summed E-state index contributed by atoms with van der Waals surface area (Å²) in [6.45, 7) is 5.56. The lowest BCUT2D eigenvalue weighted by Gasteiger charge is -2.34. The molecule has 1 aliphatic heterocycles. The van der Waals surface area contributed by atoms with Crippen LogP contribution < -0.4 is 10.1 Å². The van der Waals surface area contributed by atoms with Gasteiger partial charge in [0.15, 0.2) is 0 Å². The van der Waals surface area contributed by atoms with Crippen molar-refractivity contribution in [3.05, 3.63) is 90.3 Å². The van der Waals surface area contributed by atoms with Gasteiger partial charge in [0.1, 0.15) is 24.7 Å². The number of rotatable bonds is 10. The normalized spacial score (nSPS) is 17.7. The first-order chi connectivity index (χ1) is 21.3. The van der Waals surface area contributed by atoms with Crippen molar-refractivity contribution >= 4 is 17.5 Å². The molecule has 4 aromatic rings. The predicted molar refractivity (Wildman–Crippen MR) is 167 cm³/mol. The molecule has 2 N–H and O–H groups in total. The molecule has 2 amide bonds. The zero-order valence-corrected chi connectivity index (χ0v) is 25.3. The van der Waals surface area contributed by atoms with E-state index in [1.807, 2.05) is 31.2 Å². The van der Waals surface area contributed by atoms with E-state index in [2.05, 4.69) is 76.1 Å². The highest BCUT2D eigenvalue weighted by atomic mass is 16.5. The minimum absolute atomic E-state index is 0.0162. The maximum atomic E-state index is 13.5. The highest BCUT2D eigenvalue weighted by Gasteiger charge is 2.31. The van der Waals surface area contributed by atoms with Crippen LogP contribution in [0.4, 0.5) is 5.69 Å². The van der Waals surface area contributed by atoms with Crippen molar-refractivity contribution in [3.8, 4) is 16.9 Å². The number of carbonyl (C=O) groups excluding carboxylic acids is 2. The molecule has 1 aromatic heterocycles. The number of tetrazole rings is 1. The average molecular weight is 598 g/mol. The second-order valence-electron chi connectivity index (χ2n) is 11.5. The first-order valence-electron chi connectivity index (χ1n) is 14.8. The second kappa shape index (κ2) is 14.2. The molecule has 1 aliphatic rings. The van der Waals surface area contributed by atoms with Crippen LogP contribution >= 0.6 is 0 Å². The number of hydrogen-bond acceptors (Lipinski definition) is 8. The lowest BCUT2D eigenvalue weighted by molar-refractivity contribution is -0.134. The fraction of sp³-hybridized carbons (Fsp3) is 0.364. The van der Waals surface area contributed by atoms with E-state index < -0.39 is 0 Å². The first-order valence-corrected chi connectivity index (χ1v) is 14.8. The zero-order chi connectivity index (χ0) is 31.1. The van der Waals surface area contributed by atoms with Crippen LogP contribution in [-0.2, 0) is 29.1 Å². The minimum atomic E-state index is -0.341. The Hall–Kier alpha value is -4.61. The van der Waals surface area contributed by atoms with E-state index in [-0.39, 0.29) is 49.5 Å². The number of aromatic nitrogens is 4. The fourth-order valence-corrected chi connectivity index (χ4v) is 5.44. The highest BCUT2D eigenvalue weighted by molar-refractivity contribution is 5.91. The summed E-state index contributed by atoms with van der Waals surface area (Å²) in [6.07, 6.45) is 1.21. The summed E-state index contributed by atoms with van der Waals surface area (Å²) < 4.78 is 7.97. The third-order valence-electron chi connectivity index (χ3n) is 7.90. The molecule has 2 heterocycles. The predicted octanol–water partition coefficient (Wildman–Crippen LogP) is 3.26. The number of nitrogens with zero attached hydrogens (tertiary/aromatic N) is 6. The van der Waals surface area contributed by atoms with Crippen molar-refractivity contribution in [2.45, 2.75) is 45.5 Å². The number of aliphatic hydroxyl groups is 1. The van der Waals surface area contributed by atoms with Crippen LogP contribution in [0.2, 0.25) is 0 Å². The molecule has 0 spiro atoms. The summed E-state index contributed by atoms with van der Waals surface area (Å²) in [4.78, 5) is 30.0. The van der Waals surface area contributed by atoms with E-state index in [4.69, 9.17) is 4.74 Å². The molecule has 11 nitrogen and oxygen atoms in total. The van der Waals surface area contributed by atoms with Gasteiger partial charge in [0.05, 0.1) is 19.1 Å². The maximum Gasteiger partial charge on any atom is 0.246 e. The smallest absolute Gasteiger partial charge is 0.246 e. The van der Waals surface area contributed by atoms with Gasteiger partial charge in [-0.2, -0.15) is 0 Å². The number of nitrogens with one attached hydrogen (secondary N) is 1. The highest BCUT2D eigenvalue weighted by Crippen LogP contribution is 2.29. The van der Waals surface area contributed by atoms with E-state index in [1.165, 1.54) is 27.7 Å². The van der Waals surface area contributed by atoms with Gasteiger partial charge in [0, 0.05) is 36.8 Å². The molecule has 0 saturated carbocycles. The topological polar surface area (TPSA) is 126 Å². The standard InChI is InChI=1S/C33H39N7O4/c1-23-17-40(24(2)21-41)33(43)16-28-15-29(35-32(42)20-39-22-34-36-37-39)13-14-30(28)44-31(23)19-38(3)18-25-9-11-27(12-10-25)26-7-5-4-6-8-26/h4-15,22-24,31,41H,16-21H2,1-3H3,(H,35,42)/t23-,24+,31-/m1/s1. The summed E-state index contributed by atoms with van der Waals surface area (Å²) in [7, 11) is 2.07. The van der Waals surface area contributed by atoms with E-state index in [1.54, 1.807) is 17.0 Å². The van der Waals surface area contributed by atoms with Crippen molar-refractivity contribution < 1.29 is 19.4 Å². The van der Waals surface area contributed by atoms with Crippen molar-refractivity contribution in [2.24, 2.45) is 5.92 Å². The van der Waals surface area contributed by atoms with Crippen LogP contribution in [0.25, 0.3) is 11.1 Å². The van der Waals surface area contributed by atoms with Crippen molar-refractivity contribution in [2.75, 3.05) is 32.1 Å². The molecule has 0 unspecified atom stereocenters. The monoisotopic (exact) mass is 597 g/mol. The number of carbonyl (C=O) groups is 2. The van der Waals surface area contributed by atoms with Crippen LogP contribution in [0.3, 0.4) is 0 Å². The van der Waals surface area contributed by atoms with Crippen molar-refractivity contribution in [3.63, 3.8) is 0 Å². The van der Waals surface area contributed by atoms with E-state index in [9.17, 15) is 14.7 Å². The van der Waals surface area contributed by atoms with Gasteiger partial charge in [-0.3, -0.25) is 14.5 Å². The molecule has 5 rings (SSSR count). The Morgan fingerprint density at radius 3 is 2.57 bits per heavy atom. The lowest BCUT2D eigenvalue weighted by atomic mass is 10.0. The van der Waals surface area contributed by atoms with Crippen molar-refractivity contribution in [1.29, 1.82) is 0 Å². The Bertz CT molecular complexity index is 1530. The van der Waals surface area contributed by atoms with Crippen LogP contribution in [0.15, 0.2) is 79.1 Å². The Morgan fingerprint density at radius 2 is 1.86 bits per heavy atom. The van der Waals surface area contributed by atoms with Gasteiger partial charge in [-0.05, 0) is 59.3 Å². The minimum Gasteiger partial charge on any atom is -0.488 e. The molecule has 0 aliphatic carbocycles. The summed E-state index contributed by atoms with van der Waals surface area (Å²) in [5.41, 5.74) is 4.76. The number of aliphatic hydroxyl groups excluding tert-OH is 1. The van der Waals surface area contributed by atoms with Crippen LogP contribution in [0.1, 0.15) is 25.0 Å². The Morgan fingerprint density at radius 1 is 1.11 bits per heavy atom. The summed E-state index contributed by atoms with van der Waals surface area (Å²) >= 11 is 0. The van der Waals surface area contributed by atoms with Gasteiger partial charge in [-0.25, -0.2) is 4.68 Å². The molecule has 0 bridgehead atoms. The number of amides is 2. The largest absolute Gasteiger partial charge is 0.488 e. The summed E-state index contributed by atoms with van der Waals surface area (Å²) in [5.74, 6) is 0.186. The molecular formula is C33H39N7O4. The van der Waals surface area contributed by atoms with Gasteiger partial charge >= 0.3 is 0 Å². The molecule has 3 aromatic carbocycles. The second-order valence-corrected chi connectivity index (χ2v) is 11.5.